The van der Waals surface area contributed by atoms with Crippen LogP contribution in [0.15, 0.2) is 71.5 Å². The number of carbonyl (C=O) groups is 2. The van der Waals surface area contributed by atoms with Crippen molar-refractivity contribution in [2.24, 2.45) is 0 Å². The second-order valence-corrected chi connectivity index (χ2v) is 6.68. The van der Waals surface area contributed by atoms with E-state index in [9.17, 15) is 9.59 Å². The first-order valence-corrected chi connectivity index (χ1v) is 9.49. The molecule has 1 atom stereocenters. The van der Waals surface area contributed by atoms with Gasteiger partial charge in [-0.2, -0.15) is 0 Å². The van der Waals surface area contributed by atoms with Crippen LogP contribution in [0.25, 0.3) is 0 Å². The number of furan rings is 1. The zero-order valence-electron chi connectivity index (χ0n) is 15.8. The van der Waals surface area contributed by atoms with Crippen molar-refractivity contribution in [3.8, 4) is 5.75 Å². The minimum atomic E-state index is -0.722. The van der Waals surface area contributed by atoms with Crippen LogP contribution in [0.2, 0.25) is 0 Å². The molecule has 1 aromatic carbocycles. The fraction of sp³-hybridized carbons (Fsp3) is 0.227. The number of amides is 2. The molecular weight excluding hydrogens is 370 g/mol. The van der Waals surface area contributed by atoms with Gasteiger partial charge in [-0.25, -0.2) is 4.98 Å². The van der Waals surface area contributed by atoms with Crippen LogP contribution in [0, 0.1) is 0 Å². The monoisotopic (exact) mass is 391 g/mol. The van der Waals surface area contributed by atoms with Gasteiger partial charge in [0.1, 0.15) is 5.76 Å². The molecule has 29 heavy (non-hydrogen) atoms. The number of nitrogens with one attached hydrogen (secondary N) is 1. The zero-order chi connectivity index (χ0) is 20.1. The molecule has 3 aromatic rings. The largest absolute Gasteiger partial charge is 0.472 e. The van der Waals surface area contributed by atoms with Gasteiger partial charge < -0.3 is 14.5 Å². The van der Waals surface area contributed by atoms with E-state index in [2.05, 4.69) is 10.3 Å². The number of rotatable bonds is 7. The van der Waals surface area contributed by atoms with Crippen LogP contribution >= 0.6 is 0 Å². The number of nitrogens with zero attached hydrogens (tertiary/aromatic N) is 2. The molecule has 1 aliphatic heterocycles. The molecule has 148 valence electrons. The quantitative estimate of drug-likeness (QED) is 0.668. The first kappa shape index (κ1) is 18.7. The highest BCUT2D eigenvalue weighted by molar-refractivity contribution is 5.99. The fourth-order valence-electron chi connectivity index (χ4n) is 3.24. The molecule has 0 fully saturated rings. The van der Waals surface area contributed by atoms with Crippen LogP contribution < -0.4 is 15.0 Å². The Hall–Kier alpha value is -3.61. The van der Waals surface area contributed by atoms with E-state index >= 15 is 0 Å². The smallest absolute Gasteiger partial charge is 0.274 e. The molecule has 7 heteroatoms. The molecule has 2 amide bonds. The third-order valence-electron chi connectivity index (χ3n) is 4.67. The van der Waals surface area contributed by atoms with Gasteiger partial charge in [0.25, 0.3) is 5.91 Å². The Morgan fingerprint density at radius 2 is 1.97 bits per heavy atom. The molecule has 0 saturated carbocycles. The molecule has 0 aliphatic carbocycles. The summed E-state index contributed by atoms with van der Waals surface area (Å²) in [5, 5.41) is 2.81. The SMILES string of the molecule is O=C(CCCN1C(=O)C(c2ccccc2)Oc2cccnc21)NCc1ccco1. The molecular formula is C22H21N3O4. The Morgan fingerprint density at radius 1 is 1.10 bits per heavy atom. The topological polar surface area (TPSA) is 84.7 Å². The standard InChI is InChI=1S/C22H21N3O4/c26-19(24-15-17-9-6-14-28-17)11-5-13-25-21-18(10-4-12-23-21)29-20(22(25)27)16-7-2-1-3-8-16/h1-4,6-10,12,14,20H,5,11,13,15H2,(H,24,26). The normalized spacial score (nSPS) is 15.5. The minimum absolute atomic E-state index is 0.0945. The maximum absolute atomic E-state index is 13.1. The lowest BCUT2D eigenvalue weighted by Crippen LogP contribution is -2.42. The lowest BCUT2D eigenvalue weighted by atomic mass is 10.1. The van der Waals surface area contributed by atoms with Crippen molar-refractivity contribution >= 4 is 17.6 Å². The Kier molecular flexibility index (Phi) is 5.56. The highest BCUT2D eigenvalue weighted by Gasteiger charge is 2.36. The summed E-state index contributed by atoms with van der Waals surface area (Å²) in [5.41, 5.74) is 0.785. The predicted molar refractivity (Wildman–Crippen MR) is 106 cm³/mol. The van der Waals surface area contributed by atoms with Crippen molar-refractivity contribution in [3.05, 3.63) is 78.4 Å². The van der Waals surface area contributed by atoms with Gasteiger partial charge in [-0.05, 0) is 30.7 Å². The number of ether oxygens (including phenoxy) is 1. The van der Waals surface area contributed by atoms with Crippen LogP contribution in [0.5, 0.6) is 5.75 Å². The Bertz CT molecular complexity index is 973. The van der Waals surface area contributed by atoms with Gasteiger partial charge in [-0.3, -0.25) is 14.5 Å². The molecule has 0 radical (unpaired) electrons. The number of benzene rings is 1. The van der Waals surface area contributed by atoms with Gasteiger partial charge >= 0.3 is 0 Å². The average molecular weight is 391 g/mol. The number of anilines is 1. The summed E-state index contributed by atoms with van der Waals surface area (Å²) < 4.78 is 11.1. The van der Waals surface area contributed by atoms with E-state index in [1.54, 1.807) is 41.6 Å². The summed E-state index contributed by atoms with van der Waals surface area (Å²) in [6.45, 7) is 0.729. The van der Waals surface area contributed by atoms with Crippen LogP contribution in [-0.2, 0) is 16.1 Å². The van der Waals surface area contributed by atoms with E-state index in [0.29, 0.717) is 43.3 Å². The van der Waals surface area contributed by atoms with Crippen LogP contribution in [0.4, 0.5) is 5.82 Å². The fourth-order valence-corrected chi connectivity index (χ4v) is 3.24. The van der Waals surface area contributed by atoms with Crippen molar-refractivity contribution in [2.45, 2.75) is 25.5 Å². The van der Waals surface area contributed by atoms with E-state index in [4.69, 9.17) is 9.15 Å². The van der Waals surface area contributed by atoms with Gasteiger partial charge in [0.15, 0.2) is 11.6 Å². The number of fused-ring (bicyclic) bond motifs is 1. The summed E-state index contributed by atoms with van der Waals surface area (Å²) in [7, 11) is 0. The highest BCUT2D eigenvalue weighted by atomic mass is 16.5. The minimum Gasteiger partial charge on any atom is -0.472 e. The second kappa shape index (κ2) is 8.60. The molecule has 4 rings (SSSR count). The summed E-state index contributed by atoms with van der Waals surface area (Å²) in [4.78, 5) is 31.1. The van der Waals surface area contributed by atoms with E-state index in [0.717, 1.165) is 5.56 Å². The maximum atomic E-state index is 13.1. The molecule has 1 N–H and O–H groups in total. The predicted octanol–water partition coefficient (Wildman–Crippen LogP) is 3.24. The third-order valence-corrected chi connectivity index (χ3v) is 4.67. The third kappa shape index (κ3) is 4.29. The molecule has 0 spiro atoms. The average Bonchev–Trinajstić information content (AvgIpc) is 3.28. The van der Waals surface area contributed by atoms with E-state index in [-0.39, 0.29) is 11.8 Å². The number of pyridine rings is 1. The van der Waals surface area contributed by atoms with Gasteiger partial charge in [0.05, 0.1) is 12.8 Å². The summed E-state index contributed by atoms with van der Waals surface area (Å²) in [6.07, 6.45) is 3.28. The molecule has 0 bridgehead atoms. The number of aromatic nitrogens is 1. The first-order valence-electron chi connectivity index (χ1n) is 9.49. The van der Waals surface area contributed by atoms with Gasteiger partial charge in [-0.15, -0.1) is 0 Å². The van der Waals surface area contributed by atoms with E-state index in [1.807, 2.05) is 30.3 Å². The zero-order valence-corrected chi connectivity index (χ0v) is 15.8. The number of hydrogen-bond acceptors (Lipinski definition) is 5. The van der Waals surface area contributed by atoms with Crippen molar-refractivity contribution in [1.29, 1.82) is 0 Å². The molecule has 3 heterocycles. The number of hydrogen-bond donors (Lipinski definition) is 1. The molecule has 7 nitrogen and oxygen atoms in total. The molecule has 0 saturated heterocycles. The molecule has 1 unspecified atom stereocenters. The number of carbonyl (C=O) groups excluding carboxylic acids is 2. The Balaban J connectivity index is 1.41. The maximum Gasteiger partial charge on any atom is 0.274 e. The summed E-state index contributed by atoms with van der Waals surface area (Å²) in [5.74, 6) is 1.47. The van der Waals surface area contributed by atoms with E-state index in [1.165, 1.54) is 0 Å². The van der Waals surface area contributed by atoms with E-state index < -0.39 is 6.10 Å². The van der Waals surface area contributed by atoms with Crippen molar-refractivity contribution in [1.82, 2.24) is 10.3 Å². The first-order chi connectivity index (χ1) is 14.2. The van der Waals surface area contributed by atoms with Crippen molar-refractivity contribution in [3.63, 3.8) is 0 Å². The van der Waals surface area contributed by atoms with Crippen molar-refractivity contribution < 1.29 is 18.7 Å². The van der Waals surface area contributed by atoms with Gasteiger partial charge in [0, 0.05) is 24.7 Å². The lowest BCUT2D eigenvalue weighted by Gasteiger charge is -2.33. The van der Waals surface area contributed by atoms with Crippen LogP contribution in [0.3, 0.4) is 0 Å². The molecule has 1 aliphatic rings. The van der Waals surface area contributed by atoms with Gasteiger partial charge in [-0.1, -0.05) is 30.3 Å². The lowest BCUT2D eigenvalue weighted by molar-refractivity contribution is -0.127. The highest BCUT2D eigenvalue weighted by Crippen LogP contribution is 2.37. The summed E-state index contributed by atoms with van der Waals surface area (Å²) in [6, 6.07) is 16.5. The Morgan fingerprint density at radius 3 is 2.76 bits per heavy atom. The van der Waals surface area contributed by atoms with Gasteiger partial charge in [0.2, 0.25) is 12.0 Å². The van der Waals surface area contributed by atoms with Crippen LogP contribution in [-0.4, -0.2) is 23.3 Å². The Labute approximate surface area is 168 Å². The van der Waals surface area contributed by atoms with Crippen LogP contribution in [0.1, 0.15) is 30.3 Å². The van der Waals surface area contributed by atoms with Crippen molar-refractivity contribution in [2.75, 3.05) is 11.4 Å². The summed E-state index contributed by atoms with van der Waals surface area (Å²) >= 11 is 0. The second-order valence-electron chi connectivity index (χ2n) is 6.68. The molecule has 2 aromatic heterocycles.